The van der Waals surface area contributed by atoms with Gasteiger partial charge in [0.2, 0.25) is 5.91 Å². The number of carbonyl (C=O) groups is 1. The zero-order valence-electron chi connectivity index (χ0n) is 10.7. The third-order valence-electron chi connectivity index (χ3n) is 2.41. The van der Waals surface area contributed by atoms with E-state index in [4.69, 9.17) is 11.6 Å². The molecule has 0 radical (unpaired) electrons. The van der Waals surface area contributed by atoms with Crippen molar-refractivity contribution >= 4 is 33.4 Å². The molecule has 0 aliphatic rings. The molecule has 0 fully saturated rings. The largest absolute Gasteiger partial charge is 0.389 e. The van der Waals surface area contributed by atoms with E-state index in [9.17, 15) is 9.90 Å². The molecule has 1 rings (SSSR count). The molecule has 0 bridgehead atoms. The lowest BCUT2D eigenvalue weighted by molar-refractivity contribution is -0.131. The molecule has 0 saturated heterocycles. The van der Waals surface area contributed by atoms with Crippen LogP contribution in [0.5, 0.6) is 0 Å². The zero-order valence-corrected chi connectivity index (χ0v) is 13.0. The summed E-state index contributed by atoms with van der Waals surface area (Å²) in [6.45, 7) is 3.65. The molecule has 100 valence electrons. The average molecular weight is 335 g/mol. The molecule has 0 heterocycles. The minimum absolute atomic E-state index is 0.0415. The van der Waals surface area contributed by atoms with Crippen molar-refractivity contribution in [2.75, 3.05) is 13.6 Å². The summed E-state index contributed by atoms with van der Waals surface area (Å²) in [6, 6.07) is 5.34. The topological polar surface area (TPSA) is 40.5 Å². The molecular weight excluding hydrogens is 318 g/mol. The monoisotopic (exact) mass is 333 g/mol. The number of hydrogen-bond donors (Lipinski definition) is 1. The van der Waals surface area contributed by atoms with Gasteiger partial charge in [-0.1, -0.05) is 33.6 Å². The number of carbonyl (C=O) groups excluding carboxylic acids is 1. The van der Waals surface area contributed by atoms with E-state index in [-0.39, 0.29) is 12.3 Å². The van der Waals surface area contributed by atoms with Crippen molar-refractivity contribution in [1.82, 2.24) is 4.90 Å². The standard InChI is InChI=1S/C13H17BrClNO2/c1-13(2,18)8-16(3)12(17)6-9-4-5-10(15)7-11(9)14/h4-5,7,18H,6,8H2,1-3H3. The second-order valence-electron chi connectivity index (χ2n) is 4.97. The summed E-state index contributed by atoms with van der Waals surface area (Å²) in [7, 11) is 1.68. The lowest BCUT2D eigenvalue weighted by Gasteiger charge is -2.25. The summed E-state index contributed by atoms with van der Waals surface area (Å²) >= 11 is 9.23. The first-order valence-electron chi connectivity index (χ1n) is 5.59. The molecule has 1 aromatic carbocycles. The predicted molar refractivity (Wildman–Crippen MR) is 76.8 cm³/mol. The van der Waals surface area contributed by atoms with E-state index in [2.05, 4.69) is 15.9 Å². The SMILES string of the molecule is CN(CC(C)(C)O)C(=O)Cc1ccc(Cl)cc1Br. The van der Waals surface area contributed by atoms with Gasteiger partial charge in [0.1, 0.15) is 0 Å². The molecule has 0 aliphatic carbocycles. The van der Waals surface area contributed by atoms with E-state index >= 15 is 0 Å². The summed E-state index contributed by atoms with van der Waals surface area (Å²) in [5.74, 6) is -0.0415. The number of rotatable bonds is 4. The Bertz CT molecular complexity index is 443. The molecule has 0 aliphatic heterocycles. The summed E-state index contributed by atoms with van der Waals surface area (Å²) < 4.78 is 0.819. The molecule has 18 heavy (non-hydrogen) atoms. The van der Waals surface area contributed by atoms with Gasteiger partial charge in [-0.15, -0.1) is 0 Å². The van der Waals surface area contributed by atoms with Gasteiger partial charge in [0.25, 0.3) is 0 Å². The third kappa shape index (κ3) is 4.96. The molecule has 0 atom stereocenters. The van der Waals surface area contributed by atoms with Gasteiger partial charge in [-0.25, -0.2) is 0 Å². The second-order valence-corrected chi connectivity index (χ2v) is 6.27. The molecule has 1 aromatic rings. The van der Waals surface area contributed by atoms with Crippen LogP contribution in [-0.4, -0.2) is 35.1 Å². The predicted octanol–water partition coefficient (Wildman–Crippen LogP) is 2.87. The van der Waals surface area contributed by atoms with Crippen LogP contribution >= 0.6 is 27.5 Å². The van der Waals surface area contributed by atoms with Crippen LogP contribution in [0.15, 0.2) is 22.7 Å². The molecule has 3 nitrogen and oxygen atoms in total. The minimum Gasteiger partial charge on any atom is -0.389 e. The van der Waals surface area contributed by atoms with E-state index in [1.165, 1.54) is 4.90 Å². The fraction of sp³-hybridized carbons (Fsp3) is 0.462. The zero-order chi connectivity index (χ0) is 13.9. The lowest BCUT2D eigenvalue weighted by Crippen LogP contribution is -2.40. The van der Waals surface area contributed by atoms with Crippen LogP contribution in [0.2, 0.25) is 5.02 Å². The lowest BCUT2D eigenvalue weighted by atomic mass is 10.1. The molecule has 0 aromatic heterocycles. The number of amides is 1. The molecule has 0 saturated carbocycles. The van der Waals surface area contributed by atoms with Crippen molar-refractivity contribution in [3.05, 3.63) is 33.3 Å². The van der Waals surface area contributed by atoms with Crippen LogP contribution in [0.4, 0.5) is 0 Å². The van der Waals surface area contributed by atoms with E-state index in [1.807, 2.05) is 6.07 Å². The van der Waals surface area contributed by atoms with Crippen molar-refractivity contribution in [1.29, 1.82) is 0 Å². The number of benzene rings is 1. The Hall–Kier alpha value is -0.580. The second kappa shape index (κ2) is 6.04. The van der Waals surface area contributed by atoms with Crippen molar-refractivity contribution < 1.29 is 9.90 Å². The fourth-order valence-corrected chi connectivity index (χ4v) is 2.45. The van der Waals surface area contributed by atoms with Gasteiger partial charge in [-0.3, -0.25) is 4.79 Å². The van der Waals surface area contributed by atoms with E-state index in [0.717, 1.165) is 10.0 Å². The molecule has 5 heteroatoms. The van der Waals surface area contributed by atoms with Gasteiger partial charge in [0.05, 0.1) is 12.0 Å². The van der Waals surface area contributed by atoms with E-state index < -0.39 is 5.60 Å². The summed E-state index contributed by atoms with van der Waals surface area (Å²) in [4.78, 5) is 13.5. The van der Waals surface area contributed by atoms with Gasteiger partial charge in [-0.05, 0) is 31.5 Å². The minimum atomic E-state index is -0.887. The van der Waals surface area contributed by atoms with Crippen LogP contribution in [0, 0.1) is 0 Å². The van der Waals surface area contributed by atoms with Crippen LogP contribution in [0.1, 0.15) is 19.4 Å². The number of aliphatic hydroxyl groups is 1. The first-order valence-corrected chi connectivity index (χ1v) is 6.76. The molecule has 0 spiro atoms. The van der Waals surface area contributed by atoms with Gasteiger partial charge < -0.3 is 10.0 Å². The van der Waals surface area contributed by atoms with Crippen LogP contribution in [0.3, 0.4) is 0 Å². The number of hydrogen-bond acceptors (Lipinski definition) is 2. The first-order chi connectivity index (χ1) is 8.19. The highest BCUT2D eigenvalue weighted by Crippen LogP contribution is 2.22. The van der Waals surface area contributed by atoms with Crippen molar-refractivity contribution in [2.45, 2.75) is 25.9 Å². The summed E-state index contributed by atoms with van der Waals surface area (Å²) in [5.41, 5.74) is -0.00579. The van der Waals surface area contributed by atoms with Crippen LogP contribution in [-0.2, 0) is 11.2 Å². The molecule has 0 unspecified atom stereocenters. The maximum absolute atomic E-state index is 12.0. The maximum Gasteiger partial charge on any atom is 0.226 e. The van der Waals surface area contributed by atoms with Crippen molar-refractivity contribution in [3.63, 3.8) is 0 Å². The Kier molecular flexibility index (Phi) is 5.20. The Morgan fingerprint density at radius 3 is 2.61 bits per heavy atom. The molecule has 1 amide bonds. The molecule has 1 N–H and O–H groups in total. The van der Waals surface area contributed by atoms with Gasteiger partial charge in [-0.2, -0.15) is 0 Å². The average Bonchev–Trinajstić information content (AvgIpc) is 2.19. The van der Waals surface area contributed by atoms with Crippen molar-refractivity contribution in [3.8, 4) is 0 Å². The van der Waals surface area contributed by atoms with E-state index in [1.54, 1.807) is 33.0 Å². The highest BCUT2D eigenvalue weighted by molar-refractivity contribution is 9.10. The van der Waals surface area contributed by atoms with Gasteiger partial charge >= 0.3 is 0 Å². The smallest absolute Gasteiger partial charge is 0.226 e. The Morgan fingerprint density at radius 1 is 1.50 bits per heavy atom. The molecular formula is C13H17BrClNO2. The quantitative estimate of drug-likeness (QED) is 0.920. The van der Waals surface area contributed by atoms with Crippen LogP contribution < -0.4 is 0 Å². The normalized spacial score (nSPS) is 11.4. The number of nitrogens with zero attached hydrogens (tertiary/aromatic N) is 1. The number of likely N-dealkylation sites (N-methyl/N-ethyl adjacent to an activating group) is 1. The third-order valence-corrected chi connectivity index (χ3v) is 3.38. The Labute approximate surface area is 121 Å². The fourth-order valence-electron chi connectivity index (χ4n) is 1.63. The van der Waals surface area contributed by atoms with Crippen molar-refractivity contribution in [2.24, 2.45) is 0 Å². The first kappa shape index (κ1) is 15.5. The van der Waals surface area contributed by atoms with Crippen LogP contribution in [0.25, 0.3) is 0 Å². The Morgan fingerprint density at radius 2 is 2.11 bits per heavy atom. The highest BCUT2D eigenvalue weighted by atomic mass is 79.9. The summed E-state index contributed by atoms with van der Waals surface area (Å²) in [5, 5.41) is 10.3. The van der Waals surface area contributed by atoms with Gasteiger partial charge in [0.15, 0.2) is 0 Å². The summed E-state index contributed by atoms with van der Waals surface area (Å²) in [6.07, 6.45) is 0.282. The van der Waals surface area contributed by atoms with E-state index in [0.29, 0.717) is 11.6 Å². The maximum atomic E-state index is 12.0. The van der Waals surface area contributed by atoms with Gasteiger partial charge in [0, 0.05) is 23.1 Å². The highest BCUT2D eigenvalue weighted by Gasteiger charge is 2.19. The number of halogens is 2. The Balaban J connectivity index is 2.70.